The molecule has 0 radical (unpaired) electrons. The molecule has 0 bridgehead atoms. The van der Waals surface area contributed by atoms with Gasteiger partial charge in [-0.2, -0.15) is 0 Å². The second-order valence-corrected chi connectivity index (χ2v) is 7.23. The highest BCUT2D eigenvalue weighted by atomic mass is 35.5. The van der Waals surface area contributed by atoms with Crippen molar-refractivity contribution in [1.82, 2.24) is 4.98 Å². The molecule has 0 amide bonds. The van der Waals surface area contributed by atoms with E-state index in [1.807, 2.05) is 12.1 Å². The lowest BCUT2D eigenvalue weighted by atomic mass is 9.97. The van der Waals surface area contributed by atoms with Crippen LogP contribution in [0.1, 0.15) is 0 Å². The van der Waals surface area contributed by atoms with Gasteiger partial charge in [0.2, 0.25) is 0 Å². The molecule has 0 aliphatic rings. The molecule has 0 aliphatic heterocycles. The summed E-state index contributed by atoms with van der Waals surface area (Å²) in [4.78, 5) is 4.75. The molecule has 30 heavy (non-hydrogen) atoms. The molecule has 0 atom stereocenters. The van der Waals surface area contributed by atoms with E-state index in [9.17, 15) is 4.39 Å². The molecular weight excluding hydrogens is 448 g/mol. The largest absolute Gasteiger partial charge is 0.496 e. The van der Waals surface area contributed by atoms with Crippen LogP contribution in [0, 0.1) is 5.82 Å². The highest BCUT2D eigenvalue weighted by Crippen LogP contribution is 2.41. The van der Waals surface area contributed by atoms with Gasteiger partial charge in [-0.15, -0.1) is 12.4 Å². The second kappa shape index (κ2) is 9.09. The Bertz CT molecular complexity index is 1230. The summed E-state index contributed by atoms with van der Waals surface area (Å²) in [5, 5.41) is 1.73. The molecule has 3 nitrogen and oxygen atoms in total. The fourth-order valence-electron chi connectivity index (χ4n) is 3.30. The Balaban J connectivity index is 0.00000256. The van der Waals surface area contributed by atoms with E-state index in [0.29, 0.717) is 49.4 Å². The van der Waals surface area contributed by atoms with Gasteiger partial charge in [-0.3, -0.25) is 0 Å². The second-order valence-electron chi connectivity index (χ2n) is 6.38. The fraction of sp³-hybridized carbons (Fsp3) is 0.0870. The Morgan fingerprint density at radius 1 is 0.800 bits per heavy atom. The number of fused-ring (bicyclic) bond motifs is 1. The minimum Gasteiger partial charge on any atom is -0.496 e. The standard InChI is InChI=1S/C23H16Cl2FNO2.ClH/c1-28-22-12-23(29-2)18(25)10-17(22)21-11-15(14-5-3-4-6-19(14)26)16-9-13(24)7-8-20(16)27-21;/h3-12H,1-2H3;1H. The third-order valence-electron chi connectivity index (χ3n) is 4.68. The average Bonchev–Trinajstić information content (AvgIpc) is 2.73. The fourth-order valence-corrected chi connectivity index (χ4v) is 3.71. The number of nitrogens with zero attached hydrogens (tertiary/aromatic N) is 1. The van der Waals surface area contributed by atoms with E-state index >= 15 is 0 Å². The van der Waals surface area contributed by atoms with Crippen molar-refractivity contribution < 1.29 is 13.9 Å². The van der Waals surface area contributed by atoms with Crippen LogP contribution >= 0.6 is 35.6 Å². The van der Waals surface area contributed by atoms with Crippen molar-refractivity contribution in [2.24, 2.45) is 0 Å². The molecule has 0 aliphatic carbocycles. The predicted octanol–water partition coefficient (Wildman–Crippen LogP) is 7.45. The number of hydrogen-bond acceptors (Lipinski definition) is 3. The van der Waals surface area contributed by atoms with Gasteiger partial charge in [0.05, 0.1) is 30.5 Å². The van der Waals surface area contributed by atoms with Gasteiger partial charge in [-0.25, -0.2) is 9.37 Å². The van der Waals surface area contributed by atoms with Crippen molar-refractivity contribution >= 4 is 46.5 Å². The molecular formula is C23H17Cl3FNO2. The third-order valence-corrected chi connectivity index (χ3v) is 5.22. The van der Waals surface area contributed by atoms with Crippen LogP contribution in [0.5, 0.6) is 11.5 Å². The number of aromatic nitrogens is 1. The van der Waals surface area contributed by atoms with Crippen LogP contribution in [0.15, 0.2) is 60.7 Å². The SMILES string of the molecule is COc1cc(OC)c(-c2cc(-c3ccccc3F)c3cc(Cl)ccc3n2)cc1Cl.Cl. The predicted molar refractivity (Wildman–Crippen MR) is 123 cm³/mol. The van der Waals surface area contributed by atoms with Gasteiger partial charge in [0.1, 0.15) is 17.3 Å². The van der Waals surface area contributed by atoms with E-state index < -0.39 is 0 Å². The lowest BCUT2D eigenvalue weighted by Gasteiger charge is -2.15. The zero-order valence-corrected chi connectivity index (χ0v) is 18.4. The summed E-state index contributed by atoms with van der Waals surface area (Å²) >= 11 is 12.5. The molecule has 4 aromatic rings. The van der Waals surface area contributed by atoms with Crippen molar-refractivity contribution in [3.05, 3.63) is 76.5 Å². The van der Waals surface area contributed by atoms with Crippen LogP contribution in [-0.2, 0) is 0 Å². The molecule has 0 fully saturated rings. The zero-order valence-electron chi connectivity index (χ0n) is 16.1. The van der Waals surface area contributed by atoms with Crippen LogP contribution in [-0.4, -0.2) is 19.2 Å². The van der Waals surface area contributed by atoms with E-state index in [1.165, 1.54) is 13.2 Å². The third kappa shape index (κ3) is 4.04. The minimum atomic E-state index is -0.328. The quantitative estimate of drug-likeness (QED) is 0.314. The highest BCUT2D eigenvalue weighted by molar-refractivity contribution is 6.32. The number of methoxy groups -OCH3 is 2. The summed E-state index contributed by atoms with van der Waals surface area (Å²) < 4.78 is 25.4. The van der Waals surface area contributed by atoms with Crippen LogP contribution in [0.2, 0.25) is 10.0 Å². The average molecular weight is 465 g/mol. The molecule has 0 N–H and O–H groups in total. The number of halogens is 4. The van der Waals surface area contributed by atoms with Gasteiger partial charge in [0.25, 0.3) is 0 Å². The molecule has 0 saturated heterocycles. The monoisotopic (exact) mass is 463 g/mol. The summed E-state index contributed by atoms with van der Waals surface area (Å²) in [5.74, 6) is 0.714. The first-order valence-corrected chi connectivity index (χ1v) is 9.54. The summed E-state index contributed by atoms with van der Waals surface area (Å²) in [7, 11) is 3.10. The molecule has 4 rings (SSSR count). The Morgan fingerprint density at radius 3 is 2.23 bits per heavy atom. The number of hydrogen-bond donors (Lipinski definition) is 0. The van der Waals surface area contributed by atoms with Crippen molar-refractivity contribution in [1.29, 1.82) is 0 Å². The first kappa shape index (κ1) is 22.2. The van der Waals surface area contributed by atoms with Crippen LogP contribution in [0.4, 0.5) is 4.39 Å². The van der Waals surface area contributed by atoms with Gasteiger partial charge in [0, 0.05) is 27.6 Å². The lowest BCUT2D eigenvalue weighted by molar-refractivity contribution is 0.395. The summed E-state index contributed by atoms with van der Waals surface area (Å²) in [6.07, 6.45) is 0. The topological polar surface area (TPSA) is 31.4 Å². The van der Waals surface area contributed by atoms with Gasteiger partial charge in [-0.1, -0.05) is 41.4 Å². The van der Waals surface area contributed by atoms with Gasteiger partial charge < -0.3 is 9.47 Å². The number of rotatable bonds is 4. The van der Waals surface area contributed by atoms with E-state index in [1.54, 1.807) is 49.6 Å². The Morgan fingerprint density at radius 2 is 1.53 bits per heavy atom. The smallest absolute Gasteiger partial charge is 0.141 e. The zero-order chi connectivity index (χ0) is 20.5. The molecule has 0 unspecified atom stereocenters. The Hall–Kier alpha value is -2.53. The molecule has 1 heterocycles. The summed E-state index contributed by atoms with van der Waals surface area (Å²) in [5.41, 5.74) is 3.09. The number of benzene rings is 3. The molecule has 154 valence electrons. The van der Waals surface area contributed by atoms with Crippen molar-refractivity contribution in [3.63, 3.8) is 0 Å². The van der Waals surface area contributed by atoms with E-state index in [0.717, 1.165) is 5.39 Å². The maximum Gasteiger partial charge on any atom is 0.141 e. The first-order valence-electron chi connectivity index (χ1n) is 8.79. The number of pyridine rings is 1. The van der Waals surface area contributed by atoms with Crippen molar-refractivity contribution in [2.75, 3.05) is 14.2 Å². The van der Waals surface area contributed by atoms with Gasteiger partial charge in [-0.05, 0) is 42.0 Å². The van der Waals surface area contributed by atoms with Crippen LogP contribution < -0.4 is 9.47 Å². The van der Waals surface area contributed by atoms with Crippen molar-refractivity contribution in [2.45, 2.75) is 0 Å². The highest BCUT2D eigenvalue weighted by Gasteiger charge is 2.17. The molecule has 0 spiro atoms. The van der Waals surface area contributed by atoms with Crippen molar-refractivity contribution in [3.8, 4) is 33.9 Å². The molecule has 7 heteroatoms. The van der Waals surface area contributed by atoms with Gasteiger partial charge >= 0.3 is 0 Å². The maximum atomic E-state index is 14.6. The van der Waals surface area contributed by atoms with Crippen LogP contribution in [0.25, 0.3) is 33.3 Å². The molecule has 0 saturated carbocycles. The van der Waals surface area contributed by atoms with E-state index in [2.05, 4.69) is 0 Å². The number of ether oxygens (including phenoxy) is 2. The summed E-state index contributed by atoms with van der Waals surface area (Å²) in [6.45, 7) is 0. The Labute approximate surface area is 189 Å². The molecule has 3 aromatic carbocycles. The van der Waals surface area contributed by atoms with E-state index in [-0.39, 0.29) is 18.2 Å². The lowest BCUT2D eigenvalue weighted by Crippen LogP contribution is -1.95. The van der Waals surface area contributed by atoms with Crippen LogP contribution in [0.3, 0.4) is 0 Å². The molecule has 1 aromatic heterocycles. The normalized spacial score (nSPS) is 10.6. The minimum absolute atomic E-state index is 0. The van der Waals surface area contributed by atoms with E-state index in [4.69, 9.17) is 37.7 Å². The van der Waals surface area contributed by atoms with Gasteiger partial charge in [0.15, 0.2) is 0 Å². The first-order chi connectivity index (χ1) is 14.0. The Kier molecular flexibility index (Phi) is 6.71. The summed E-state index contributed by atoms with van der Waals surface area (Å²) in [6, 6.07) is 17.2. The maximum absolute atomic E-state index is 14.6.